The second-order valence-electron chi connectivity index (χ2n) is 11.9. The van der Waals surface area contributed by atoms with Gasteiger partial charge in [0.05, 0.1) is 36.5 Å². The van der Waals surface area contributed by atoms with Gasteiger partial charge in [0.2, 0.25) is 21.9 Å². The first kappa shape index (κ1) is 32.9. The van der Waals surface area contributed by atoms with E-state index in [1.165, 1.54) is 7.11 Å². The SMILES string of the molecule is COc1c(NC(=O)Nc2ccc(Oc3ccnc(NC(C)c4cccnc4)n3)c3ccccc23)cc(C(C)(C)C)cc1NS(C)(=O)=O. The van der Waals surface area contributed by atoms with E-state index in [0.29, 0.717) is 29.0 Å². The van der Waals surface area contributed by atoms with Crippen LogP contribution in [0.3, 0.4) is 0 Å². The fraction of sp³-hybridized carbons (Fsp3) is 0.235. The van der Waals surface area contributed by atoms with Crippen LogP contribution >= 0.6 is 0 Å². The molecule has 2 amide bonds. The zero-order valence-corrected chi connectivity index (χ0v) is 27.8. The fourth-order valence-corrected chi connectivity index (χ4v) is 5.44. The number of nitrogens with zero attached hydrogens (tertiary/aromatic N) is 3. The van der Waals surface area contributed by atoms with E-state index in [2.05, 4.69) is 35.6 Å². The first-order chi connectivity index (χ1) is 22.3. The number of nitrogens with one attached hydrogen (secondary N) is 4. The van der Waals surface area contributed by atoms with Gasteiger partial charge in [0, 0.05) is 35.4 Å². The predicted molar refractivity (Wildman–Crippen MR) is 185 cm³/mol. The van der Waals surface area contributed by atoms with Gasteiger partial charge in [-0.05, 0) is 53.8 Å². The van der Waals surface area contributed by atoms with Crippen LogP contribution in [0.15, 0.2) is 85.3 Å². The Hall–Kier alpha value is -5.43. The molecule has 0 bridgehead atoms. The summed E-state index contributed by atoms with van der Waals surface area (Å²) in [5.74, 6) is 1.46. The molecular weight excluding hydrogens is 618 g/mol. The number of carbonyl (C=O) groups is 1. The monoisotopic (exact) mass is 655 g/mol. The van der Waals surface area contributed by atoms with Gasteiger partial charge in [-0.15, -0.1) is 0 Å². The number of urea groups is 1. The zero-order chi connectivity index (χ0) is 33.8. The van der Waals surface area contributed by atoms with E-state index < -0.39 is 16.1 Å². The summed E-state index contributed by atoms with van der Waals surface area (Å²) in [5, 5.41) is 10.5. The second-order valence-corrected chi connectivity index (χ2v) is 13.7. The minimum Gasteiger partial charge on any atom is -0.492 e. The normalized spacial score (nSPS) is 12.2. The number of benzene rings is 3. The molecule has 2 aromatic heterocycles. The van der Waals surface area contributed by atoms with E-state index in [-0.39, 0.29) is 22.9 Å². The predicted octanol–water partition coefficient (Wildman–Crippen LogP) is 7.31. The largest absolute Gasteiger partial charge is 0.492 e. The molecule has 3 aromatic carbocycles. The van der Waals surface area contributed by atoms with Crippen molar-refractivity contribution in [2.75, 3.05) is 34.0 Å². The minimum atomic E-state index is -3.62. The molecule has 0 spiro atoms. The third-order valence-electron chi connectivity index (χ3n) is 7.21. The molecule has 0 aliphatic heterocycles. The third kappa shape index (κ3) is 8.24. The lowest BCUT2D eigenvalue weighted by atomic mass is 9.86. The molecule has 0 fully saturated rings. The van der Waals surface area contributed by atoms with Gasteiger partial charge in [-0.1, -0.05) is 51.1 Å². The van der Waals surface area contributed by atoms with Gasteiger partial charge >= 0.3 is 6.03 Å². The lowest BCUT2D eigenvalue weighted by molar-refractivity contribution is 0.262. The quantitative estimate of drug-likeness (QED) is 0.121. The third-order valence-corrected chi connectivity index (χ3v) is 7.80. The highest BCUT2D eigenvalue weighted by molar-refractivity contribution is 7.92. The maximum absolute atomic E-state index is 13.4. The fourth-order valence-electron chi connectivity index (χ4n) is 4.89. The molecule has 5 rings (SSSR count). The molecule has 2 heterocycles. The molecule has 0 aliphatic carbocycles. The summed E-state index contributed by atoms with van der Waals surface area (Å²) in [7, 11) is -2.21. The van der Waals surface area contributed by atoms with Gasteiger partial charge in [-0.2, -0.15) is 4.98 Å². The first-order valence-corrected chi connectivity index (χ1v) is 16.7. The zero-order valence-electron chi connectivity index (χ0n) is 27.0. The molecule has 244 valence electrons. The van der Waals surface area contributed by atoms with Gasteiger partial charge in [0.25, 0.3) is 0 Å². The molecule has 0 radical (unpaired) electrons. The van der Waals surface area contributed by atoms with E-state index in [0.717, 1.165) is 28.2 Å². The van der Waals surface area contributed by atoms with Crippen molar-refractivity contribution in [1.82, 2.24) is 15.0 Å². The van der Waals surface area contributed by atoms with Gasteiger partial charge < -0.3 is 25.4 Å². The van der Waals surface area contributed by atoms with E-state index >= 15 is 0 Å². The number of anilines is 4. The smallest absolute Gasteiger partial charge is 0.323 e. The van der Waals surface area contributed by atoms with Crippen molar-refractivity contribution < 1.29 is 22.7 Å². The van der Waals surface area contributed by atoms with Gasteiger partial charge in [0.15, 0.2) is 5.75 Å². The minimum absolute atomic E-state index is 0.0743. The molecule has 12 nitrogen and oxygen atoms in total. The van der Waals surface area contributed by atoms with Crippen LogP contribution in [0, 0.1) is 0 Å². The Labute approximate surface area is 274 Å². The Morgan fingerprint density at radius 1 is 0.894 bits per heavy atom. The van der Waals surface area contributed by atoms with Crippen molar-refractivity contribution in [3.63, 3.8) is 0 Å². The van der Waals surface area contributed by atoms with Crippen LogP contribution in [-0.2, 0) is 15.4 Å². The van der Waals surface area contributed by atoms with Crippen LogP contribution in [0.4, 0.5) is 27.8 Å². The molecule has 0 saturated heterocycles. The highest BCUT2D eigenvalue weighted by Gasteiger charge is 2.22. The summed E-state index contributed by atoms with van der Waals surface area (Å²) in [6.07, 6.45) is 6.17. The molecule has 47 heavy (non-hydrogen) atoms. The number of hydrogen-bond acceptors (Lipinski definition) is 9. The molecule has 1 unspecified atom stereocenters. The van der Waals surface area contributed by atoms with Crippen LogP contribution < -0.4 is 30.1 Å². The first-order valence-electron chi connectivity index (χ1n) is 14.8. The Kier molecular flexibility index (Phi) is 9.47. The van der Waals surface area contributed by atoms with Crippen molar-refractivity contribution in [3.8, 4) is 17.4 Å². The number of carbonyl (C=O) groups excluding carboxylic acids is 1. The highest BCUT2D eigenvalue weighted by Crippen LogP contribution is 2.40. The van der Waals surface area contributed by atoms with Crippen molar-refractivity contribution in [1.29, 1.82) is 0 Å². The van der Waals surface area contributed by atoms with Gasteiger partial charge in [0.1, 0.15) is 5.75 Å². The van der Waals surface area contributed by atoms with Gasteiger partial charge in [-0.25, -0.2) is 18.2 Å². The Morgan fingerprint density at radius 2 is 1.62 bits per heavy atom. The topological polar surface area (TPSA) is 156 Å². The van der Waals surface area contributed by atoms with Crippen molar-refractivity contribution in [3.05, 3.63) is 96.4 Å². The number of rotatable bonds is 10. The van der Waals surface area contributed by atoms with Crippen LogP contribution in [-0.4, -0.2) is 42.8 Å². The van der Waals surface area contributed by atoms with Crippen LogP contribution in [0.5, 0.6) is 17.4 Å². The molecule has 5 aromatic rings. The summed E-state index contributed by atoms with van der Waals surface area (Å²) in [5.41, 5.74) is 2.49. The molecule has 4 N–H and O–H groups in total. The van der Waals surface area contributed by atoms with Crippen molar-refractivity contribution in [2.24, 2.45) is 0 Å². The average molecular weight is 656 g/mol. The maximum Gasteiger partial charge on any atom is 0.323 e. The van der Waals surface area contributed by atoms with Gasteiger partial charge in [-0.3, -0.25) is 9.71 Å². The number of hydrogen-bond donors (Lipinski definition) is 4. The summed E-state index contributed by atoms with van der Waals surface area (Å²) in [6, 6.07) is 19.3. The van der Waals surface area contributed by atoms with Crippen LogP contribution in [0.25, 0.3) is 10.8 Å². The lowest BCUT2D eigenvalue weighted by Crippen LogP contribution is -2.22. The number of fused-ring (bicyclic) bond motifs is 1. The number of aromatic nitrogens is 3. The Balaban J connectivity index is 1.38. The highest BCUT2D eigenvalue weighted by atomic mass is 32.2. The molecule has 1 atom stereocenters. The lowest BCUT2D eigenvalue weighted by Gasteiger charge is -2.24. The summed E-state index contributed by atoms with van der Waals surface area (Å²) < 4.78 is 38.4. The number of amides is 2. The number of pyridine rings is 1. The summed E-state index contributed by atoms with van der Waals surface area (Å²) in [6.45, 7) is 7.95. The number of methoxy groups -OCH3 is 1. The molecule has 13 heteroatoms. The number of ether oxygens (including phenoxy) is 2. The number of sulfonamides is 1. The van der Waals surface area contributed by atoms with Crippen molar-refractivity contribution >= 4 is 49.8 Å². The van der Waals surface area contributed by atoms with E-state index in [9.17, 15) is 13.2 Å². The Morgan fingerprint density at radius 3 is 2.30 bits per heavy atom. The van der Waals surface area contributed by atoms with E-state index in [1.54, 1.807) is 48.9 Å². The second kappa shape index (κ2) is 13.5. The van der Waals surface area contributed by atoms with Crippen molar-refractivity contribution in [2.45, 2.75) is 39.2 Å². The van der Waals surface area contributed by atoms with E-state index in [1.807, 2.05) is 64.1 Å². The van der Waals surface area contributed by atoms with Crippen LogP contribution in [0.1, 0.15) is 44.9 Å². The van der Waals surface area contributed by atoms with E-state index in [4.69, 9.17) is 9.47 Å². The molecule has 0 saturated carbocycles. The molecular formula is C34H37N7O5S. The van der Waals surface area contributed by atoms with Crippen LogP contribution in [0.2, 0.25) is 0 Å². The molecule has 0 aliphatic rings. The maximum atomic E-state index is 13.4. The standard InChI is InChI=1S/C34H37N7O5S/c1-21(22-10-9-16-35-20-22)37-32-36-17-15-30(40-32)46-29-14-13-26(24-11-7-8-12-25(24)29)38-33(42)39-27-18-23(34(2,3)4)19-28(31(27)45-5)41-47(6,43)44/h7-21,41H,1-6H3,(H,36,37,40)(H2,38,39,42). The Bertz CT molecular complexity index is 2020. The average Bonchev–Trinajstić information content (AvgIpc) is 3.01. The summed E-state index contributed by atoms with van der Waals surface area (Å²) in [4.78, 5) is 26.4. The summed E-state index contributed by atoms with van der Waals surface area (Å²) >= 11 is 0.